The second-order valence-electron chi connectivity index (χ2n) is 16.2. The van der Waals surface area contributed by atoms with Crippen molar-refractivity contribution in [2.24, 2.45) is 15.8 Å². The number of fused-ring (bicyclic) bond motifs is 2. The molecule has 0 saturated carbocycles. The number of rotatable bonds is 27. The number of hydrazone groups is 1. The summed E-state index contributed by atoms with van der Waals surface area (Å²) < 4.78 is 55.1. The van der Waals surface area contributed by atoms with Gasteiger partial charge in [-0.05, 0) is 50.5 Å². The Labute approximate surface area is 354 Å². The molecule has 4 heterocycles. The van der Waals surface area contributed by atoms with E-state index in [2.05, 4.69) is 29.2 Å². The Bertz CT molecular complexity index is 1750. The zero-order chi connectivity index (χ0) is 42.3. The number of phosphoric ester groups is 1. The molecule has 2 unspecified atom stereocenters. The van der Waals surface area contributed by atoms with Gasteiger partial charge in [-0.3, -0.25) is 14.1 Å². The van der Waals surface area contributed by atoms with Gasteiger partial charge in [0.05, 0.1) is 43.2 Å². The summed E-state index contributed by atoms with van der Waals surface area (Å²) in [6.07, 6.45) is 18.0. The third-order valence-electron chi connectivity index (χ3n) is 11.0. The molecule has 4 aliphatic heterocycles. The molecule has 2 fully saturated rings. The first-order chi connectivity index (χ1) is 28.4. The second-order valence-corrected chi connectivity index (χ2v) is 18.1. The number of nitrogens with zero attached hydrogens (tertiary/aromatic N) is 5. The van der Waals surface area contributed by atoms with Gasteiger partial charge in [-0.1, -0.05) is 108 Å². The first-order valence-corrected chi connectivity index (χ1v) is 23.1. The van der Waals surface area contributed by atoms with Crippen molar-refractivity contribution in [3.63, 3.8) is 0 Å². The molecule has 0 aromatic heterocycles. The summed E-state index contributed by atoms with van der Waals surface area (Å²) in [7, 11) is -4.80. The summed E-state index contributed by atoms with van der Waals surface area (Å²) in [6.45, 7) is 5.28. The van der Waals surface area contributed by atoms with Crippen LogP contribution in [0.3, 0.4) is 0 Å². The van der Waals surface area contributed by atoms with Crippen LogP contribution in [0.5, 0.6) is 0 Å². The Morgan fingerprint density at radius 3 is 2.31 bits per heavy atom. The van der Waals surface area contributed by atoms with E-state index in [1.807, 2.05) is 6.08 Å². The van der Waals surface area contributed by atoms with E-state index in [0.29, 0.717) is 40.7 Å². The molecule has 0 amide bonds. The van der Waals surface area contributed by atoms with E-state index in [1.165, 1.54) is 77.0 Å². The maximum Gasteiger partial charge on any atom is 0.472 e. The van der Waals surface area contributed by atoms with Gasteiger partial charge in [-0.2, -0.15) is 15.6 Å². The van der Waals surface area contributed by atoms with Crippen molar-refractivity contribution in [3.05, 3.63) is 46.1 Å². The molecule has 326 valence electrons. The number of halogens is 1. The van der Waals surface area contributed by atoms with Gasteiger partial charge in [0.15, 0.2) is 11.6 Å². The second kappa shape index (κ2) is 22.8. The lowest BCUT2D eigenvalue weighted by Crippen LogP contribution is -2.47. The largest absolute Gasteiger partial charge is 0.472 e. The number of phosphoric acid groups is 1. The molecule has 1 aromatic rings. The number of benzene rings is 1. The highest BCUT2D eigenvalue weighted by Crippen LogP contribution is 2.51. The molecule has 0 aliphatic carbocycles. The van der Waals surface area contributed by atoms with Gasteiger partial charge in [-0.15, -0.1) is 0 Å². The predicted octanol–water partition coefficient (Wildman–Crippen LogP) is 8.18. The lowest BCUT2D eigenvalue weighted by atomic mass is 9.94. The molecular formula is C42H62ClN6O9P. The summed E-state index contributed by atoms with van der Waals surface area (Å²) in [5, 5.41) is 26.3. The maximum absolute atomic E-state index is 13.4. The van der Waals surface area contributed by atoms with Crippen molar-refractivity contribution >= 4 is 31.6 Å². The fourth-order valence-electron chi connectivity index (χ4n) is 7.92. The SMILES string of the molecule is CCCCCCCCCCCCCCCCOC[C@@H](COP(=O)(O)OC[C@@]1(C#N)O[C@@H](C2CC=C3C(N)=NC=NN32)[C@@H]2OC(C)(C)O[C@@H]21)OCc1cc(Cl)cc(C#N)c1. The Morgan fingerprint density at radius 1 is 0.966 bits per heavy atom. The molecule has 5 rings (SSSR count). The van der Waals surface area contributed by atoms with Gasteiger partial charge in [0.1, 0.15) is 43.4 Å². The van der Waals surface area contributed by atoms with E-state index in [4.69, 9.17) is 50.1 Å². The van der Waals surface area contributed by atoms with Crippen LogP contribution in [0, 0.1) is 22.7 Å². The number of aliphatic imine (C=N–C) groups is 1. The van der Waals surface area contributed by atoms with Crippen LogP contribution in [0.2, 0.25) is 5.02 Å². The monoisotopic (exact) mass is 860 g/mol. The molecule has 59 heavy (non-hydrogen) atoms. The van der Waals surface area contributed by atoms with Crippen LogP contribution in [0.25, 0.3) is 0 Å². The van der Waals surface area contributed by atoms with Crippen LogP contribution in [0.15, 0.2) is 40.1 Å². The third-order valence-corrected chi connectivity index (χ3v) is 12.1. The van der Waals surface area contributed by atoms with Gasteiger partial charge >= 0.3 is 7.82 Å². The molecule has 15 nitrogen and oxygen atoms in total. The lowest BCUT2D eigenvalue weighted by Gasteiger charge is -2.34. The molecule has 7 atom stereocenters. The minimum atomic E-state index is -4.80. The highest BCUT2D eigenvalue weighted by atomic mass is 35.5. The Hall–Kier alpha value is -2.92. The fourth-order valence-corrected chi connectivity index (χ4v) is 8.96. The van der Waals surface area contributed by atoms with E-state index in [-0.39, 0.29) is 19.8 Å². The van der Waals surface area contributed by atoms with Crippen LogP contribution in [0.1, 0.15) is 128 Å². The summed E-state index contributed by atoms with van der Waals surface area (Å²) in [4.78, 5) is 15.0. The van der Waals surface area contributed by atoms with Gasteiger partial charge in [0.25, 0.3) is 0 Å². The predicted molar refractivity (Wildman–Crippen MR) is 223 cm³/mol. The van der Waals surface area contributed by atoms with Crippen molar-refractivity contribution in [1.29, 1.82) is 10.5 Å². The molecule has 2 saturated heterocycles. The number of amidine groups is 1. The number of ether oxygens (including phenoxy) is 5. The van der Waals surface area contributed by atoms with E-state index in [1.54, 1.807) is 37.1 Å². The van der Waals surface area contributed by atoms with Crippen LogP contribution in [-0.2, 0) is 43.9 Å². The van der Waals surface area contributed by atoms with E-state index in [9.17, 15) is 20.0 Å². The smallest absolute Gasteiger partial charge is 0.382 e. The van der Waals surface area contributed by atoms with Gasteiger partial charge in [0.2, 0.25) is 5.60 Å². The van der Waals surface area contributed by atoms with Crippen molar-refractivity contribution in [2.45, 2.75) is 166 Å². The zero-order valence-electron chi connectivity index (χ0n) is 34.8. The van der Waals surface area contributed by atoms with Crippen molar-refractivity contribution in [2.75, 3.05) is 26.4 Å². The minimum Gasteiger partial charge on any atom is -0.382 e. The maximum atomic E-state index is 13.4. The zero-order valence-corrected chi connectivity index (χ0v) is 36.4. The number of unbranched alkanes of at least 4 members (excludes halogenated alkanes) is 13. The summed E-state index contributed by atoms with van der Waals surface area (Å²) in [6, 6.07) is 8.68. The Kier molecular flexibility index (Phi) is 18.2. The van der Waals surface area contributed by atoms with Crippen LogP contribution in [0.4, 0.5) is 0 Å². The Balaban J connectivity index is 1.10. The number of nitrogens with two attached hydrogens (primary N) is 1. The Morgan fingerprint density at radius 2 is 1.64 bits per heavy atom. The van der Waals surface area contributed by atoms with E-state index >= 15 is 0 Å². The minimum absolute atomic E-state index is 0.0430. The molecule has 0 bridgehead atoms. The van der Waals surface area contributed by atoms with Gasteiger partial charge in [-0.25, -0.2) is 9.56 Å². The average Bonchev–Trinajstić information content (AvgIpc) is 3.87. The normalized spacial score (nSPS) is 25.8. The summed E-state index contributed by atoms with van der Waals surface area (Å²) >= 11 is 6.21. The number of hydrogen-bond donors (Lipinski definition) is 2. The highest BCUT2D eigenvalue weighted by Gasteiger charge is 2.66. The number of nitriles is 2. The summed E-state index contributed by atoms with van der Waals surface area (Å²) in [5.74, 6) is -0.774. The quantitative estimate of drug-likeness (QED) is 0.0634. The molecule has 4 aliphatic rings. The molecule has 0 spiro atoms. The van der Waals surface area contributed by atoms with Gasteiger partial charge in [0, 0.05) is 11.6 Å². The van der Waals surface area contributed by atoms with Crippen LogP contribution < -0.4 is 5.73 Å². The molecule has 3 N–H and O–H groups in total. The number of hydrogen-bond acceptors (Lipinski definition) is 14. The first-order valence-electron chi connectivity index (χ1n) is 21.2. The standard InChI is InChI=1S/C42H62ClN6O9P/c1-4-5-6-7-8-9-10-11-12-13-14-15-16-17-20-52-26-34(53-25-32-21-31(24-44)22-33(43)23-32)27-54-59(50,51)55-29-42(28-45)39-38(56-41(2,3)58-39)37(57-42)35-18-19-36-40(46)47-30-48-49(35)36/h19,21-23,30,34-35,37-39H,4-18,20,25-27,29H2,1-3H3,(H,50,51)(H2,46,47,48)/t34-,35?,37-,38-,39-,42+/m0/s1. The fraction of sp³-hybridized carbons (Fsp3) is 0.714. The molecule has 17 heteroatoms. The van der Waals surface area contributed by atoms with Crippen LogP contribution >= 0.6 is 19.4 Å². The third kappa shape index (κ3) is 13.8. The van der Waals surface area contributed by atoms with E-state index in [0.717, 1.165) is 19.3 Å². The van der Waals surface area contributed by atoms with Crippen molar-refractivity contribution < 1.29 is 42.2 Å². The average molecular weight is 861 g/mol. The topological polar surface area (TPSA) is 203 Å². The van der Waals surface area contributed by atoms with Crippen LogP contribution in [-0.4, -0.2) is 90.3 Å². The van der Waals surface area contributed by atoms with E-state index < -0.39 is 56.3 Å². The van der Waals surface area contributed by atoms with Gasteiger partial charge < -0.3 is 34.3 Å². The van der Waals surface area contributed by atoms with Crippen molar-refractivity contribution in [3.8, 4) is 12.1 Å². The van der Waals surface area contributed by atoms with Crippen molar-refractivity contribution in [1.82, 2.24) is 5.01 Å². The lowest BCUT2D eigenvalue weighted by molar-refractivity contribution is -0.208. The molecular weight excluding hydrogens is 799 g/mol. The molecule has 1 aromatic carbocycles. The molecule has 0 radical (unpaired) electrons. The highest BCUT2D eigenvalue weighted by molar-refractivity contribution is 7.47. The first kappa shape index (κ1) is 47.1. The summed E-state index contributed by atoms with van der Waals surface area (Å²) in [5.41, 5.74) is 5.89.